The Morgan fingerprint density at radius 1 is 1.00 bits per heavy atom. The minimum Gasteiger partial charge on any atom is -0.493 e. The van der Waals surface area contributed by atoms with Crippen molar-refractivity contribution in [2.45, 2.75) is 19.8 Å². The Morgan fingerprint density at radius 3 is 1.93 bits per heavy atom. The topological polar surface area (TPSA) is 175 Å². The highest BCUT2D eigenvalue weighted by Crippen LogP contribution is 2.36. The van der Waals surface area contributed by atoms with Gasteiger partial charge in [-0.2, -0.15) is 0 Å². The van der Waals surface area contributed by atoms with Crippen LogP contribution in [0.4, 0.5) is 5.69 Å². The molecule has 0 spiro atoms. The molecule has 0 unspecified atom stereocenters. The summed E-state index contributed by atoms with van der Waals surface area (Å²) in [4.78, 5) is 48.0. The summed E-state index contributed by atoms with van der Waals surface area (Å²) in [6.45, 7) is 2.90. The molecule has 0 atom stereocenters. The molecule has 3 aromatic rings. The van der Waals surface area contributed by atoms with Crippen LogP contribution in [0.1, 0.15) is 34.3 Å². The normalized spacial score (nSPS) is 11.0. The van der Waals surface area contributed by atoms with Gasteiger partial charge in [-0.25, -0.2) is 9.97 Å². The summed E-state index contributed by atoms with van der Waals surface area (Å²) in [5.41, 5.74) is -2.40. The van der Waals surface area contributed by atoms with Crippen LogP contribution in [0.3, 0.4) is 0 Å². The Bertz CT molecular complexity index is 1130. The summed E-state index contributed by atoms with van der Waals surface area (Å²) < 4.78 is 0. The van der Waals surface area contributed by atoms with E-state index < -0.39 is 33.7 Å². The number of nitrogens with one attached hydrogen (secondary N) is 2. The van der Waals surface area contributed by atoms with Gasteiger partial charge in [-0.1, -0.05) is 12.1 Å². The predicted octanol–water partition coefficient (Wildman–Crippen LogP) is 0.970. The molecular weight excluding hydrogens is 370 g/mol. The first-order valence-electron chi connectivity index (χ1n) is 8.03. The fourth-order valence-electron chi connectivity index (χ4n) is 2.98. The Hall–Kier alpha value is -4.02. The number of hydrogen-bond donors (Lipinski definition) is 4. The lowest BCUT2D eigenvalue weighted by Crippen LogP contribution is -2.26. The van der Waals surface area contributed by atoms with Gasteiger partial charge in [0, 0.05) is 12.1 Å². The summed E-state index contributed by atoms with van der Waals surface area (Å²) in [6, 6.07) is 5.16. The molecule has 11 heteroatoms. The third-order valence-electron chi connectivity index (χ3n) is 4.10. The van der Waals surface area contributed by atoms with E-state index in [4.69, 9.17) is 0 Å². The van der Waals surface area contributed by atoms with Crippen molar-refractivity contribution in [1.82, 2.24) is 19.9 Å². The summed E-state index contributed by atoms with van der Waals surface area (Å²) in [6.07, 6.45) is 0. The van der Waals surface area contributed by atoms with Gasteiger partial charge in [-0.05, 0) is 19.4 Å². The van der Waals surface area contributed by atoms with Gasteiger partial charge in [0.2, 0.25) is 11.8 Å². The zero-order valence-electron chi connectivity index (χ0n) is 14.8. The zero-order chi connectivity index (χ0) is 20.6. The Balaban J connectivity index is 2.40. The van der Waals surface area contributed by atoms with Crippen molar-refractivity contribution in [2.24, 2.45) is 0 Å². The molecule has 0 bridgehead atoms. The number of nitro benzene ring substituents is 1. The van der Waals surface area contributed by atoms with E-state index in [2.05, 4.69) is 19.9 Å². The number of H-pyrrole nitrogens is 2. The molecule has 0 aliphatic carbocycles. The van der Waals surface area contributed by atoms with Crippen LogP contribution in [0, 0.1) is 24.0 Å². The average Bonchev–Trinajstić information content (AvgIpc) is 2.58. The van der Waals surface area contributed by atoms with Gasteiger partial charge in [0.1, 0.15) is 11.6 Å². The Kier molecular flexibility index (Phi) is 4.65. The van der Waals surface area contributed by atoms with Crippen LogP contribution in [-0.4, -0.2) is 35.1 Å². The van der Waals surface area contributed by atoms with Crippen molar-refractivity contribution in [2.75, 3.05) is 0 Å². The van der Waals surface area contributed by atoms with Crippen LogP contribution in [0.25, 0.3) is 0 Å². The predicted molar refractivity (Wildman–Crippen MR) is 96.6 cm³/mol. The maximum atomic E-state index is 12.6. The van der Waals surface area contributed by atoms with E-state index in [0.29, 0.717) is 0 Å². The Labute approximate surface area is 156 Å². The average molecular weight is 385 g/mol. The van der Waals surface area contributed by atoms with Gasteiger partial charge in [-0.15, -0.1) is 0 Å². The van der Waals surface area contributed by atoms with E-state index in [1.54, 1.807) is 0 Å². The largest absolute Gasteiger partial charge is 0.493 e. The number of aromatic nitrogens is 4. The maximum Gasteiger partial charge on any atom is 0.269 e. The van der Waals surface area contributed by atoms with Gasteiger partial charge >= 0.3 is 0 Å². The van der Waals surface area contributed by atoms with Crippen molar-refractivity contribution in [1.29, 1.82) is 0 Å². The fourth-order valence-corrected chi connectivity index (χ4v) is 2.98. The number of rotatable bonds is 4. The second-order valence-corrected chi connectivity index (χ2v) is 6.06. The van der Waals surface area contributed by atoms with Crippen LogP contribution >= 0.6 is 0 Å². The SMILES string of the molecule is Cc1nc(O)c(C(c2cccc([N+](=O)[O-])c2)c2c(O)nc(C)[nH]c2=O)c(=O)[nH]1. The molecule has 144 valence electrons. The monoisotopic (exact) mass is 385 g/mol. The molecule has 0 saturated heterocycles. The molecule has 11 nitrogen and oxygen atoms in total. The highest BCUT2D eigenvalue weighted by Gasteiger charge is 2.31. The minimum atomic E-state index is -1.35. The Morgan fingerprint density at radius 2 is 1.50 bits per heavy atom. The zero-order valence-corrected chi connectivity index (χ0v) is 14.8. The van der Waals surface area contributed by atoms with Crippen molar-refractivity contribution in [3.05, 3.63) is 83.4 Å². The maximum absolute atomic E-state index is 12.6. The smallest absolute Gasteiger partial charge is 0.269 e. The molecule has 28 heavy (non-hydrogen) atoms. The molecule has 2 heterocycles. The lowest BCUT2D eigenvalue weighted by Gasteiger charge is -2.18. The lowest BCUT2D eigenvalue weighted by atomic mass is 9.86. The summed E-state index contributed by atoms with van der Waals surface area (Å²) in [5, 5.41) is 31.8. The van der Waals surface area contributed by atoms with E-state index in [-0.39, 0.29) is 34.0 Å². The number of hydrogen-bond acceptors (Lipinski definition) is 8. The van der Waals surface area contributed by atoms with Crippen LogP contribution in [0.15, 0.2) is 33.9 Å². The molecule has 0 aliphatic rings. The number of benzene rings is 1. The van der Waals surface area contributed by atoms with E-state index in [9.17, 15) is 29.9 Å². The highest BCUT2D eigenvalue weighted by molar-refractivity contribution is 5.50. The molecule has 0 saturated carbocycles. The van der Waals surface area contributed by atoms with Crippen molar-refractivity contribution < 1.29 is 15.1 Å². The first-order valence-corrected chi connectivity index (χ1v) is 8.03. The first kappa shape index (κ1) is 18.8. The van der Waals surface area contributed by atoms with E-state index in [1.165, 1.54) is 32.0 Å². The molecule has 0 aliphatic heterocycles. The van der Waals surface area contributed by atoms with Crippen LogP contribution < -0.4 is 11.1 Å². The number of nitrogens with zero attached hydrogens (tertiary/aromatic N) is 3. The van der Waals surface area contributed by atoms with Crippen molar-refractivity contribution in [3.63, 3.8) is 0 Å². The standard InChI is InChI=1S/C17H15N5O6/c1-7-18-14(23)12(15(24)19-7)11(9-4-3-5-10(6-9)22(27)28)13-16(25)20-8(2)21-17(13)26/h3-6,11H,1-2H3,(H2,18,19,23,24)(H2,20,21,25,26). The van der Waals surface area contributed by atoms with Crippen molar-refractivity contribution in [3.8, 4) is 11.8 Å². The summed E-state index contributed by atoms with van der Waals surface area (Å²) >= 11 is 0. The molecule has 0 radical (unpaired) electrons. The second-order valence-electron chi connectivity index (χ2n) is 6.06. The van der Waals surface area contributed by atoms with Gasteiger partial charge in [0.05, 0.1) is 22.0 Å². The molecule has 1 aromatic carbocycles. The number of aromatic amines is 2. The second kappa shape index (κ2) is 6.95. The fraction of sp³-hybridized carbons (Fsp3) is 0.176. The van der Waals surface area contributed by atoms with Gasteiger partial charge < -0.3 is 20.2 Å². The number of aromatic hydroxyl groups is 2. The molecule has 0 amide bonds. The van der Waals surface area contributed by atoms with Crippen LogP contribution in [-0.2, 0) is 0 Å². The third kappa shape index (κ3) is 3.32. The quantitative estimate of drug-likeness (QED) is 0.379. The van der Waals surface area contributed by atoms with Gasteiger partial charge in [0.15, 0.2) is 0 Å². The van der Waals surface area contributed by atoms with E-state index in [1.807, 2.05) is 0 Å². The molecule has 3 rings (SSSR count). The minimum absolute atomic E-state index is 0.118. The van der Waals surface area contributed by atoms with Crippen LogP contribution in [0.5, 0.6) is 11.8 Å². The molecule has 2 aromatic heterocycles. The number of non-ortho nitro benzene ring substituents is 1. The van der Waals surface area contributed by atoms with Crippen LogP contribution in [0.2, 0.25) is 0 Å². The number of aryl methyl sites for hydroxylation is 2. The highest BCUT2D eigenvalue weighted by atomic mass is 16.6. The first-order chi connectivity index (χ1) is 13.2. The van der Waals surface area contributed by atoms with E-state index in [0.717, 1.165) is 6.07 Å². The van der Waals surface area contributed by atoms with Gasteiger partial charge in [0.25, 0.3) is 16.8 Å². The summed E-state index contributed by atoms with van der Waals surface area (Å²) in [7, 11) is 0. The lowest BCUT2D eigenvalue weighted by molar-refractivity contribution is -0.384. The summed E-state index contributed by atoms with van der Waals surface area (Å²) in [5.74, 6) is -2.43. The number of nitro groups is 1. The molecular formula is C17H15N5O6. The third-order valence-corrected chi connectivity index (χ3v) is 4.10. The van der Waals surface area contributed by atoms with Gasteiger partial charge in [-0.3, -0.25) is 19.7 Å². The molecule has 4 N–H and O–H groups in total. The van der Waals surface area contributed by atoms with E-state index >= 15 is 0 Å². The molecule has 0 fully saturated rings. The van der Waals surface area contributed by atoms with Crippen molar-refractivity contribution >= 4 is 5.69 Å².